The number of allylic oxidation sites excluding steroid dienone is 4. The molecular weight excluding hydrogens is 400 g/mol. The molecule has 0 heterocycles. The maximum absolute atomic E-state index is 12.5. The number of ketones is 1. The molecule has 4 heteroatoms. The van der Waals surface area contributed by atoms with E-state index >= 15 is 0 Å². The van der Waals surface area contributed by atoms with Gasteiger partial charge in [-0.1, -0.05) is 44.2 Å². The molecule has 4 nitrogen and oxygen atoms in total. The fourth-order valence-electron chi connectivity index (χ4n) is 7.15. The van der Waals surface area contributed by atoms with Gasteiger partial charge in [0.25, 0.3) is 0 Å². The van der Waals surface area contributed by atoms with Crippen molar-refractivity contribution >= 4 is 5.78 Å². The van der Waals surface area contributed by atoms with Crippen molar-refractivity contribution in [1.82, 2.24) is 0 Å². The highest BCUT2D eigenvalue weighted by Crippen LogP contribution is 2.59. The highest BCUT2D eigenvalue weighted by molar-refractivity contribution is 6.03. The van der Waals surface area contributed by atoms with Gasteiger partial charge in [-0.05, 0) is 98.2 Å². The van der Waals surface area contributed by atoms with Crippen LogP contribution in [0, 0.1) is 23.2 Å². The maximum atomic E-state index is 12.5. The predicted molar refractivity (Wildman–Crippen MR) is 127 cm³/mol. The van der Waals surface area contributed by atoms with Crippen molar-refractivity contribution in [2.45, 2.75) is 96.4 Å². The van der Waals surface area contributed by atoms with Crippen molar-refractivity contribution in [2.24, 2.45) is 23.2 Å². The molecule has 176 valence electrons. The van der Waals surface area contributed by atoms with Gasteiger partial charge in [0, 0.05) is 6.42 Å². The highest BCUT2D eigenvalue weighted by Gasteiger charge is 2.50. The summed E-state index contributed by atoms with van der Waals surface area (Å²) in [7, 11) is 0. The Balaban J connectivity index is 1.53. The number of aliphatic hydroxyl groups excluding tert-OH is 2. The molecule has 3 N–H and O–H groups in total. The van der Waals surface area contributed by atoms with Crippen LogP contribution < -0.4 is 0 Å². The van der Waals surface area contributed by atoms with Crippen molar-refractivity contribution in [3.63, 3.8) is 0 Å². The average molecular weight is 441 g/mol. The van der Waals surface area contributed by atoms with Gasteiger partial charge in [0.15, 0.2) is 5.78 Å². The first-order chi connectivity index (χ1) is 15.0. The number of rotatable bonds is 3. The molecule has 4 fully saturated rings. The summed E-state index contributed by atoms with van der Waals surface area (Å²) in [5.74, 6) is 1.30. The van der Waals surface area contributed by atoms with E-state index in [0.717, 1.165) is 29.6 Å². The van der Waals surface area contributed by atoms with Gasteiger partial charge in [-0.15, -0.1) is 0 Å². The minimum Gasteiger partial charge on any atom is -0.393 e. The topological polar surface area (TPSA) is 77.8 Å². The molecule has 0 saturated heterocycles. The van der Waals surface area contributed by atoms with E-state index in [1.165, 1.54) is 24.8 Å². The Hall–Kier alpha value is -1.49. The van der Waals surface area contributed by atoms with Crippen molar-refractivity contribution in [2.75, 3.05) is 0 Å². The van der Waals surface area contributed by atoms with Crippen molar-refractivity contribution in [1.29, 1.82) is 0 Å². The Kier molecular flexibility index (Phi) is 6.43. The summed E-state index contributed by atoms with van der Waals surface area (Å²) in [5, 5.41) is 30.5. The quantitative estimate of drug-likeness (QED) is 0.551. The summed E-state index contributed by atoms with van der Waals surface area (Å²) in [6.07, 6.45) is 13.3. The molecule has 4 rings (SSSR count). The molecule has 4 saturated carbocycles. The third-order valence-electron chi connectivity index (χ3n) is 9.06. The summed E-state index contributed by atoms with van der Waals surface area (Å²) in [6.45, 7) is 10.4. The Bertz CT molecular complexity index is 876. The molecule has 0 aromatic rings. The van der Waals surface area contributed by atoms with E-state index in [2.05, 4.69) is 38.7 Å². The van der Waals surface area contributed by atoms with E-state index in [0.29, 0.717) is 43.4 Å². The molecule has 0 bridgehead atoms. The Labute approximate surface area is 192 Å². The van der Waals surface area contributed by atoms with Gasteiger partial charge in [-0.3, -0.25) is 4.79 Å². The molecular formula is C28H40O4. The van der Waals surface area contributed by atoms with Crippen LogP contribution in [-0.4, -0.2) is 38.9 Å². The van der Waals surface area contributed by atoms with Gasteiger partial charge in [-0.25, -0.2) is 0 Å². The molecule has 1 unspecified atom stereocenters. The average Bonchev–Trinajstić information content (AvgIpc) is 3.21. The van der Waals surface area contributed by atoms with Crippen molar-refractivity contribution in [3.8, 4) is 0 Å². The third kappa shape index (κ3) is 4.22. The number of Topliss-reactive ketones (excluding diaryl/α,β-unsaturated/α-hetero) is 1. The fourth-order valence-corrected chi connectivity index (χ4v) is 7.15. The number of carbonyl (C=O) groups excluding carboxylic acids is 1. The second-order valence-electron chi connectivity index (χ2n) is 11.3. The monoisotopic (exact) mass is 440 g/mol. The predicted octanol–water partition coefficient (Wildman–Crippen LogP) is 4.80. The van der Waals surface area contributed by atoms with Crippen molar-refractivity contribution < 1.29 is 20.1 Å². The molecule has 0 aromatic heterocycles. The highest BCUT2D eigenvalue weighted by atomic mass is 16.3. The zero-order valence-electron chi connectivity index (χ0n) is 19.9. The van der Waals surface area contributed by atoms with Gasteiger partial charge >= 0.3 is 0 Å². The van der Waals surface area contributed by atoms with Crippen LogP contribution in [0.2, 0.25) is 0 Å². The molecule has 7 atom stereocenters. The Morgan fingerprint density at radius 3 is 2.53 bits per heavy atom. The zero-order valence-corrected chi connectivity index (χ0v) is 19.9. The van der Waals surface area contributed by atoms with Crippen LogP contribution in [0.15, 0.2) is 47.1 Å². The lowest BCUT2D eigenvalue weighted by molar-refractivity contribution is -0.129. The molecule has 0 amide bonds. The summed E-state index contributed by atoms with van der Waals surface area (Å²) in [4.78, 5) is 12.5. The molecule has 0 radical (unpaired) electrons. The summed E-state index contributed by atoms with van der Waals surface area (Å²) in [5.41, 5.74) is 3.04. The van der Waals surface area contributed by atoms with E-state index in [-0.39, 0.29) is 11.2 Å². The summed E-state index contributed by atoms with van der Waals surface area (Å²) >= 11 is 0. The molecule has 0 spiro atoms. The van der Waals surface area contributed by atoms with Gasteiger partial charge < -0.3 is 15.3 Å². The maximum Gasteiger partial charge on any atom is 0.189 e. The van der Waals surface area contributed by atoms with E-state index in [9.17, 15) is 20.1 Å². The number of hydrogen-bond acceptors (Lipinski definition) is 4. The molecule has 4 aliphatic carbocycles. The zero-order chi connectivity index (χ0) is 23.3. The standard InChI is InChI=1S/C28H40O4/c1-17(14-21-11-13-28(4,32)26(21)31)23-9-10-24-19(6-5-12-27(23,24)3)7-8-20-15-22(29)16-25(30)18(20)2/h7-8,14,17,22-25,29-30,32H,2,5-6,9-13,15-16H2,1,3-4H3/t17-,22-,23-,24?,25+,27-,28+/m1/s1. The number of aliphatic hydroxyl groups is 3. The largest absolute Gasteiger partial charge is 0.393 e. The smallest absolute Gasteiger partial charge is 0.189 e. The first-order valence-electron chi connectivity index (χ1n) is 12.5. The molecule has 0 aromatic carbocycles. The van der Waals surface area contributed by atoms with Gasteiger partial charge in [0.05, 0.1) is 12.2 Å². The van der Waals surface area contributed by atoms with Crippen LogP contribution in [0.25, 0.3) is 0 Å². The van der Waals surface area contributed by atoms with Crippen LogP contribution in [-0.2, 0) is 4.79 Å². The van der Waals surface area contributed by atoms with E-state index in [1.807, 2.05) is 0 Å². The molecule has 4 aliphatic rings. The first-order valence-corrected chi connectivity index (χ1v) is 12.5. The second-order valence-corrected chi connectivity index (χ2v) is 11.3. The fraction of sp³-hybridized carbons (Fsp3) is 0.679. The lowest BCUT2D eigenvalue weighted by atomic mass is 9.61. The van der Waals surface area contributed by atoms with Crippen LogP contribution in [0.3, 0.4) is 0 Å². The summed E-state index contributed by atoms with van der Waals surface area (Å²) < 4.78 is 0. The van der Waals surface area contributed by atoms with Crippen LogP contribution in [0.5, 0.6) is 0 Å². The van der Waals surface area contributed by atoms with E-state index < -0.39 is 17.8 Å². The first kappa shape index (κ1) is 23.7. The number of fused-ring (bicyclic) bond motifs is 1. The summed E-state index contributed by atoms with van der Waals surface area (Å²) in [6, 6.07) is 0. The lowest BCUT2D eigenvalue weighted by Gasteiger charge is -2.44. The van der Waals surface area contributed by atoms with Crippen LogP contribution in [0.4, 0.5) is 0 Å². The van der Waals surface area contributed by atoms with E-state index in [1.54, 1.807) is 6.92 Å². The van der Waals surface area contributed by atoms with Crippen LogP contribution >= 0.6 is 0 Å². The molecule has 32 heavy (non-hydrogen) atoms. The van der Waals surface area contributed by atoms with Crippen molar-refractivity contribution in [3.05, 3.63) is 47.1 Å². The normalized spacial score (nSPS) is 45.1. The van der Waals surface area contributed by atoms with Gasteiger partial charge in [0.1, 0.15) is 5.60 Å². The minimum absolute atomic E-state index is 0.0861. The van der Waals surface area contributed by atoms with Gasteiger partial charge in [-0.2, -0.15) is 0 Å². The third-order valence-corrected chi connectivity index (χ3v) is 9.06. The van der Waals surface area contributed by atoms with Crippen LogP contribution in [0.1, 0.15) is 78.6 Å². The Morgan fingerprint density at radius 2 is 1.84 bits per heavy atom. The Morgan fingerprint density at radius 1 is 1.09 bits per heavy atom. The van der Waals surface area contributed by atoms with E-state index in [4.69, 9.17) is 0 Å². The number of hydrogen-bond donors (Lipinski definition) is 3. The number of carbonyl (C=O) groups is 1. The lowest BCUT2D eigenvalue weighted by Crippen LogP contribution is -2.36. The SMILES string of the molecule is C=C1C(=CC=C2CCC[C@@]3(C)C2CC[C@@H]3[C@H](C)C=C2CC[C@](C)(O)C2=O)C[C@@H](O)C[C@@H]1O. The second kappa shape index (κ2) is 8.70. The molecule has 0 aliphatic heterocycles. The van der Waals surface area contributed by atoms with Gasteiger partial charge in [0.2, 0.25) is 0 Å². The minimum atomic E-state index is -1.19.